The molecule has 0 bridgehead atoms. The molecular weight excluding hydrogens is 493 g/mol. The van der Waals surface area contributed by atoms with Gasteiger partial charge in [0.1, 0.15) is 35.6 Å². The van der Waals surface area contributed by atoms with Crippen molar-refractivity contribution in [2.24, 2.45) is 5.16 Å². The molecule has 0 spiro atoms. The van der Waals surface area contributed by atoms with Crippen LogP contribution in [-0.4, -0.2) is 67.8 Å². The molecule has 0 saturated carbocycles. The number of nitrogens with one attached hydrogen (secondary N) is 1. The molecular formula is C14H16IN5O4S2. The first-order valence-electron chi connectivity index (χ1n) is 7.48. The van der Waals surface area contributed by atoms with Gasteiger partial charge < -0.3 is 15.7 Å². The molecule has 3 rings (SSSR count). The third kappa shape index (κ3) is 3.54. The highest BCUT2D eigenvalue weighted by molar-refractivity contribution is 14.1. The maximum absolute atomic E-state index is 12.5. The predicted molar refractivity (Wildman–Crippen MR) is 109 cm³/mol. The second-order valence-electron chi connectivity index (χ2n) is 5.45. The van der Waals surface area contributed by atoms with Gasteiger partial charge in [0, 0.05) is 22.1 Å². The van der Waals surface area contributed by atoms with Gasteiger partial charge in [-0.1, -0.05) is 27.7 Å². The molecule has 1 aromatic heterocycles. The van der Waals surface area contributed by atoms with Crippen LogP contribution in [0, 0.1) is 0 Å². The fourth-order valence-electron chi connectivity index (χ4n) is 2.75. The second kappa shape index (κ2) is 8.10. The second-order valence-corrected chi connectivity index (χ2v) is 8.21. The maximum atomic E-state index is 12.5. The number of nitrogens with zero attached hydrogens (tertiary/aromatic N) is 3. The largest absolute Gasteiger partial charge is 0.477 e. The number of fused-ring (bicyclic) bond motifs is 1. The van der Waals surface area contributed by atoms with Gasteiger partial charge in [-0.3, -0.25) is 15.0 Å². The highest BCUT2D eigenvalue weighted by Gasteiger charge is 2.53. The van der Waals surface area contributed by atoms with Crippen molar-refractivity contribution >= 4 is 68.4 Å². The third-order valence-electron chi connectivity index (χ3n) is 3.92. The summed E-state index contributed by atoms with van der Waals surface area (Å²) in [5.74, 6) is -0.719. The third-order valence-corrected chi connectivity index (χ3v) is 6.85. The van der Waals surface area contributed by atoms with Crippen molar-refractivity contribution in [3.05, 3.63) is 22.3 Å². The summed E-state index contributed by atoms with van der Waals surface area (Å²) in [7, 11) is 1.43. The Hall–Kier alpha value is -1.38. The van der Waals surface area contributed by atoms with E-state index < -0.39 is 12.0 Å². The Bertz CT molecular complexity index is 796. The summed E-state index contributed by atoms with van der Waals surface area (Å²) in [4.78, 5) is 34.5. The number of hydrogen-bond donors (Lipinski definition) is 3. The number of alkyl halides is 1. The molecule has 0 aromatic carbocycles. The number of thioether (sulfide) groups is 1. The fraction of sp³-hybridized carbons (Fsp3) is 0.429. The highest BCUT2D eigenvalue weighted by Crippen LogP contribution is 2.40. The predicted octanol–water partition coefficient (Wildman–Crippen LogP) is 0.723. The maximum Gasteiger partial charge on any atom is 0.352 e. The lowest BCUT2D eigenvalue weighted by atomic mass is 10.0. The zero-order valence-electron chi connectivity index (χ0n) is 13.6. The van der Waals surface area contributed by atoms with Gasteiger partial charge in [-0.2, -0.15) is 0 Å². The zero-order chi connectivity index (χ0) is 18.8. The quantitative estimate of drug-likeness (QED) is 0.161. The average molecular weight is 509 g/mol. The van der Waals surface area contributed by atoms with Crippen LogP contribution in [0.25, 0.3) is 0 Å². The monoisotopic (exact) mass is 509 g/mol. The van der Waals surface area contributed by atoms with Gasteiger partial charge in [0.15, 0.2) is 5.13 Å². The molecule has 4 N–H and O–H groups in total. The molecule has 0 unspecified atom stereocenters. The van der Waals surface area contributed by atoms with E-state index in [0.29, 0.717) is 26.7 Å². The molecule has 1 aromatic rings. The topological polar surface area (TPSA) is 130 Å². The molecule has 0 aliphatic carbocycles. The van der Waals surface area contributed by atoms with Crippen LogP contribution in [0.4, 0.5) is 5.13 Å². The van der Waals surface area contributed by atoms with Crippen molar-refractivity contribution in [2.75, 3.05) is 29.6 Å². The SMILES string of the molecule is CON=C(CN[C@@H]1C(=O)N2C(C(=O)O)=C(CI)CS[C@H]12)c1csc(N)n1. The van der Waals surface area contributed by atoms with E-state index in [1.807, 2.05) is 0 Å². The zero-order valence-corrected chi connectivity index (χ0v) is 17.4. The van der Waals surface area contributed by atoms with Crippen LogP contribution in [0.3, 0.4) is 0 Å². The lowest BCUT2D eigenvalue weighted by Crippen LogP contribution is -2.70. The Morgan fingerprint density at radius 2 is 2.42 bits per heavy atom. The minimum atomic E-state index is -1.06. The van der Waals surface area contributed by atoms with Crippen molar-refractivity contribution in [3.63, 3.8) is 0 Å². The Morgan fingerprint density at radius 3 is 3.00 bits per heavy atom. The number of aliphatic carboxylic acids is 1. The number of hydrogen-bond acceptors (Lipinski definition) is 9. The standard InChI is InChI=1S/C14H16IN5O4S2/c1-24-19-7(8-5-26-14(16)18-8)3-17-9-11(21)20-10(13(22)23)6(2-15)4-25-12(9)20/h5,9,12,17H,2-4H2,1H3,(H2,16,18)(H,22,23)/t9-,12-/m1/s1. The lowest BCUT2D eigenvalue weighted by molar-refractivity contribution is -0.149. The number of halogens is 1. The van der Waals surface area contributed by atoms with Crippen molar-refractivity contribution in [1.29, 1.82) is 0 Å². The Morgan fingerprint density at radius 1 is 1.65 bits per heavy atom. The van der Waals surface area contributed by atoms with Crippen molar-refractivity contribution in [1.82, 2.24) is 15.2 Å². The van der Waals surface area contributed by atoms with Gasteiger partial charge in [-0.25, -0.2) is 9.78 Å². The van der Waals surface area contributed by atoms with E-state index in [9.17, 15) is 14.7 Å². The molecule has 1 amide bonds. The van der Waals surface area contributed by atoms with Crippen LogP contribution < -0.4 is 11.1 Å². The first-order chi connectivity index (χ1) is 12.5. The average Bonchev–Trinajstić information content (AvgIpc) is 3.05. The molecule has 2 atom stereocenters. The summed E-state index contributed by atoms with van der Waals surface area (Å²) in [5.41, 5.74) is 7.64. The van der Waals surface area contributed by atoms with Crippen LogP contribution in [0.1, 0.15) is 5.69 Å². The van der Waals surface area contributed by atoms with Crippen molar-refractivity contribution < 1.29 is 19.5 Å². The number of nitrogen functional groups attached to an aromatic ring is 1. The summed E-state index contributed by atoms with van der Waals surface area (Å²) in [5, 5.41) is 18.5. The minimum absolute atomic E-state index is 0.115. The summed E-state index contributed by atoms with van der Waals surface area (Å²) in [6, 6.07) is -0.483. The Balaban J connectivity index is 1.71. The first-order valence-corrected chi connectivity index (χ1v) is 10.9. The summed E-state index contributed by atoms with van der Waals surface area (Å²) in [6.45, 7) is 0.254. The summed E-state index contributed by atoms with van der Waals surface area (Å²) >= 11 is 4.96. The Kier molecular flexibility index (Phi) is 6.04. The number of carbonyl (C=O) groups excluding carboxylic acids is 1. The van der Waals surface area contributed by atoms with Gasteiger partial charge in [0.2, 0.25) is 5.91 Å². The van der Waals surface area contributed by atoms with Crippen LogP contribution >= 0.6 is 45.7 Å². The van der Waals surface area contributed by atoms with Gasteiger partial charge in [-0.15, -0.1) is 23.1 Å². The minimum Gasteiger partial charge on any atom is -0.477 e. The molecule has 9 nitrogen and oxygen atoms in total. The van der Waals surface area contributed by atoms with E-state index in [4.69, 9.17) is 10.6 Å². The van der Waals surface area contributed by atoms with E-state index in [2.05, 4.69) is 38.0 Å². The Labute approximate surface area is 171 Å². The van der Waals surface area contributed by atoms with Crippen LogP contribution in [0.2, 0.25) is 0 Å². The van der Waals surface area contributed by atoms with E-state index in [1.165, 1.54) is 23.3 Å². The number of carboxylic acid groups (broad SMARTS) is 1. The van der Waals surface area contributed by atoms with E-state index in [1.54, 1.807) is 17.1 Å². The molecule has 1 saturated heterocycles. The van der Waals surface area contributed by atoms with Gasteiger partial charge in [0.25, 0.3) is 0 Å². The van der Waals surface area contributed by atoms with Crippen molar-refractivity contribution in [2.45, 2.75) is 11.4 Å². The normalized spacial score (nSPS) is 22.9. The molecule has 2 aliphatic rings. The van der Waals surface area contributed by atoms with E-state index >= 15 is 0 Å². The first kappa shape index (κ1) is 19.4. The number of amides is 1. The highest BCUT2D eigenvalue weighted by atomic mass is 127. The van der Waals surface area contributed by atoms with Crippen LogP contribution in [-0.2, 0) is 14.4 Å². The number of oxime groups is 1. The summed E-state index contributed by atoms with van der Waals surface area (Å²) in [6.07, 6.45) is 0. The lowest BCUT2D eigenvalue weighted by Gasteiger charge is -2.49. The molecule has 26 heavy (non-hydrogen) atoms. The van der Waals surface area contributed by atoms with E-state index in [-0.39, 0.29) is 23.5 Å². The fourth-order valence-corrected chi connectivity index (χ4v) is 5.69. The number of carboxylic acids is 1. The molecule has 3 heterocycles. The number of nitrogens with two attached hydrogens (primary N) is 1. The van der Waals surface area contributed by atoms with Gasteiger partial charge in [-0.05, 0) is 5.57 Å². The van der Waals surface area contributed by atoms with Gasteiger partial charge in [0.05, 0.1) is 0 Å². The molecule has 2 aliphatic heterocycles. The van der Waals surface area contributed by atoms with Crippen LogP contribution in [0.5, 0.6) is 0 Å². The van der Waals surface area contributed by atoms with E-state index in [0.717, 1.165) is 5.57 Å². The molecule has 12 heteroatoms. The summed E-state index contributed by atoms with van der Waals surface area (Å²) < 4.78 is 0.580. The molecule has 0 radical (unpaired) electrons. The number of rotatable bonds is 7. The molecule has 1 fully saturated rings. The number of β-lactam (4-membered cyclic amide) rings is 1. The molecule has 140 valence electrons. The van der Waals surface area contributed by atoms with Crippen LogP contribution in [0.15, 0.2) is 21.8 Å². The number of anilines is 1. The number of carbonyl (C=O) groups is 2. The van der Waals surface area contributed by atoms with Gasteiger partial charge >= 0.3 is 5.97 Å². The number of aromatic nitrogens is 1. The number of thiazole rings is 1. The van der Waals surface area contributed by atoms with Crippen molar-refractivity contribution in [3.8, 4) is 0 Å². The smallest absolute Gasteiger partial charge is 0.352 e.